The van der Waals surface area contributed by atoms with E-state index in [9.17, 15) is 4.79 Å². The van der Waals surface area contributed by atoms with Crippen molar-refractivity contribution in [3.8, 4) is 0 Å². The van der Waals surface area contributed by atoms with Crippen LogP contribution in [0.1, 0.15) is 0 Å². The van der Waals surface area contributed by atoms with Crippen molar-refractivity contribution in [2.75, 3.05) is 5.73 Å². The number of nitrogen functional groups attached to an aromatic ring is 1. The summed E-state index contributed by atoms with van der Waals surface area (Å²) >= 11 is 0. The van der Waals surface area contributed by atoms with Crippen LogP contribution in [0.15, 0.2) is 30.3 Å². The smallest absolute Gasteiger partial charge is 0.343 e. The fourth-order valence-corrected chi connectivity index (χ4v) is 0.495. The first-order valence-corrected chi connectivity index (χ1v) is 3.48. The van der Waals surface area contributed by atoms with Crippen LogP contribution in [0.5, 0.6) is 0 Å². The van der Waals surface area contributed by atoms with E-state index in [2.05, 4.69) is 11.7 Å². The van der Waals surface area contributed by atoms with Gasteiger partial charge in [0, 0.05) is 5.69 Å². The lowest BCUT2D eigenvalue weighted by molar-refractivity contribution is 0.241. The lowest BCUT2D eigenvalue weighted by atomic mass is 10.3. The number of anilines is 1. The Labute approximate surface area is 76.0 Å². The van der Waals surface area contributed by atoms with Crippen LogP contribution in [-0.2, 0) is 0 Å². The Morgan fingerprint density at radius 2 is 1.54 bits per heavy atom. The molecule has 0 aliphatic heterocycles. The summed E-state index contributed by atoms with van der Waals surface area (Å²) in [6.45, 7) is 0. The van der Waals surface area contributed by atoms with E-state index in [1.54, 1.807) is 10.9 Å². The molecule has 0 saturated carbocycles. The van der Waals surface area contributed by atoms with E-state index >= 15 is 0 Å². The van der Waals surface area contributed by atoms with Crippen LogP contribution in [0.2, 0.25) is 0 Å². The number of para-hydroxylation sites is 1. The van der Waals surface area contributed by atoms with Crippen LogP contribution >= 0.6 is 0 Å². The molecule has 0 saturated heterocycles. The first kappa shape index (κ1) is 11.2. The number of benzene rings is 1. The number of amides is 2. The van der Waals surface area contributed by atoms with Crippen LogP contribution in [-0.4, -0.2) is 6.03 Å². The number of hydrogen-bond donors (Lipinski definition) is 5. The monoisotopic (exact) mass is 183 g/mol. The van der Waals surface area contributed by atoms with Crippen molar-refractivity contribution >= 4 is 11.7 Å². The summed E-state index contributed by atoms with van der Waals surface area (Å²) in [5, 5.41) is 0. The van der Waals surface area contributed by atoms with E-state index in [1.165, 1.54) is 0 Å². The molecule has 0 bridgehead atoms. The second kappa shape index (κ2) is 6.89. The highest BCUT2D eigenvalue weighted by molar-refractivity contribution is 5.72. The summed E-state index contributed by atoms with van der Waals surface area (Å²) in [6, 6.07) is 8.89. The fraction of sp³-hybridized carbons (Fsp3) is 0. The minimum Gasteiger partial charge on any atom is -0.399 e. The van der Waals surface area contributed by atoms with Crippen molar-refractivity contribution in [3.05, 3.63) is 30.3 Å². The maximum Gasteiger partial charge on any atom is 0.343 e. The zero-order chi connectivity index (χ0) is 10.1. The molecule has 2 amide bonds. The summed E-state index contributed by atoms with van der Waals surface area (Å²) in [6.07, 6.45) is 0. The quantitative estimate of drug-likeness (QED) is 0.158. The predicted molar refractivity (Wildman–Crippen MR) is 50.9 cm³/mol. The molecule has 72 valence electrons. The zero-order valence-corrected chi connectivity index (χ0v) is 7.03. The summed E-state index contributed by atoms with van der Waals surface area (Å²) < 4.78 is 0. The van der Waals surface area contributed by atoms with Crippen LogP contribution in [0.25, 0.3) is 0 Å². The van der Waals surface area contributed by atoms with Gasteiger partial charge in [-0.1, -0.05) is 18.2 Å². The summed E-state index contributed by atoms with van der Waals surface area (Å²) in [4.78, 5) is 9.71. The number of nitrogens with two attached hydrogens (primary N) is 3. The van der Waals surface area contributed by atoms with Gasteiger partial charge in [0.25, 0.3) is 0 Å². The Balaban J connectivity index is 0.000000226. The van der Waals surface area contributed by atoms with Crippen LogP contribution in [0.4, 0.5) is 10.5 Å². The van der Waals surface area contributed by atoms with Crippen molar-refractivity contribution < 1.29 is 4.79 Å². The van der Waals surface area contributed by atoms with Crippen molar-refractivity contribution in [1.82, 2.24) is 10.9 Å². The maximum atomic E-state index is 9.71. The predicted octanol–water partition coefficient (Wildman–Crippen LogP) is -0.698. The van der Waals surface area contributed by atoms with Crippen molar-refractivity contribution in [2.24, 2.45) is 11.7 Å². The molecule has 1 aromatic rings. The third-order valence-corrected chi connectivity index (χ3v) is 1.06. The van der Waals surface area contributed by atoms with Gasteiger partial charge in [-0.2, -0.15) is 0 Å². The van der Waals surface area contributed by atoms with Gasteiger partial charge in [0.05, 0.1) is 0 Å². The van der Waals surface area contributed by atoms with Crippen molar-refractivity contribution in [3.63, 3.8) is 0 Å². The van der Waals surface area contributed by atoms with E-state index in [0.29, 0.717) is 0 Å². The fourth-order valence-electron chi connectivity index (χ4n) is 0.495. The van der Waals surface area contributed by atoms with Gasteiger partial charge in [-0.15, -0.1) is 0 Å². The van der Waals surface area contributed by atoms with Gasteiger partial charge < -0.3 is 5.73 Å². The first-order valence-electron chi connectivity index (χ1n) is 3.48. The highest BCUT2D eigenvalue weighted by Crippen LogP contribution is 1.95. The first-order chi connectivity index (χ1) is 6.20. The second-order valence-corrected chi connectivity index (χ2v) is 2.03. The molecule has 0 aliphatic rings. The molecular formula is C7H13N5O. The Kier molecular flexibility index (Phi) is 5.94. The molecule has 0 aromatic heterocycles. The van der Waals surface area contributed by atoms with E-state index in [4.69, 9.17) is 5.73 Å². The summed E-state index contributed by atoms with van der Waals surface area (Å²) in [7, 11) is 0. The number of carbonyl (C=O) groups excluding carboxylic acids is 1. The number of rotatable bonds is 0. The number of hydrogen-bond acceptors (Lipinski definition) is 4. The number of hydrazine groups is 2. The third kappa shape index (κ3) is 6.60. The van der Waals surface area contributed by atoms with E-state index < -0.39 is 6.03 Å². The molecule has 8 N–H and O–H groups in total. The standard InChI is InChI=1S/C6H7N.CH6N4O/c7-6-4-2-1-3-5-6;2-4-1(6)5-3/h1-5H,7H2;2-3H2,(H2,4,5,6). The molecule has 6 nitrogen and oxygen atoms in total. The van der Waals surface area contributed by atoms with Gasteiger partial charge in [-0.25, -0.2) is 16.5 Å². The van der Waals surface area contributed by atoms with Crippen LogP contribution in [0, 0.1) is 0 Å². The molecule has 0 fully saturated rings. The Bertz CT molecular complexity index is 232. The minimum absolute atomic E-state index is 0.602. The van der Waals surface area contributed by atoms with Crippen LogP contribution < -0.4 is 28.3 Å². The van der Waals surface area contributed by atoms with Crippen LogP contribution in [0.3, 0.4) is 0 Å². The number of carbonyl (C=O) groups is 1. The van der Waals surface area contributed by atoms with Gasteiger partial charge in [0.15, 0.2) is 0 Å². The van der Waals surface area contributed by atoms with Gasteiger partial charge in [-0.3, -0.25) is 10.9 Å². The largest absolute Gasteiger partial charge is 0.399 e. The average Bonchev–Trinajstić information content (AvgIpc) is 2.19. The molecule has 1 rings (SSSR count). The average molecular weight is 183 g/mol. The third-order valence-electron chi connectivity index (χ3n) is 1.06. The van der Waals surface area contributed by atoms with E-state index in [1.807, 2.05) is 30.3 Å². The molecule has 13 heavy (non-hydrogen) atoms. The Morgan fingerprint density at radius 3 is 1.69 bits per heavy atom. The molecule has 0 spiro atoms. The zero-order valence-electron chi connectivity index (χ0n) is 7.03. The molecule has 0 aliphatic carbocycles. The molecule has 1 aromatic carbocycles. The van der Waals surface area contributed by atoms with Gasteiger partial charge in [-0.05, 0) is 12.1 Å². The summed E-state index contributed by atoms with van der Waals surface area (Å²) in [5.74, 6) is 9.08. The molecule has 0 heterocycles. The number of nitrogens with one attached hydrogen (secondary N) is 2. The highest BCUT2D eigenvalue weighted by Gasteiger charge is 1.83. The Morgan fingerprint density at radius 1 is 1.08 bits per heavy atom. The van der Waals surface area contributed by atoms with Crippen molar-refractivity contribution in [1.29, 1.82) is 0 Å². The lowest BCUT2D eigenvalue weighted by Crippen LogP contribution is -2.43. The number of urea groups is 1. The molecule has 0 radical (unpaired) electrons. The van der Waals surface area contributed by atoms with E-state index in [0.717, 1.165) is 5.69 Å². The molecular weight excluding hydrogens is 170 g/mol. The molecule has 0 atom stereocenters. The maximum absolute atomic E-state index is 9.71. The van der Waals surface area contributed by atoms with Gasteiger partial charge >= 0.3 is 6.03 Å². The van der Waals surface area contributed by atoms with Gasteiger partial charge in [0.1, 0.15) is 0 Å². The molecule has 0 unspecified atom stereocenters. The van der Waals surface area contributed by atoms with E-state index in [-0.39, 0.29) is 0 Å². The Hall–Kier alpha value is -1.79. The topological polar surface area (TPSA) is 119 Å². The summed E-state index contributed by atoms with van der Waals surface area (Å²) in [5.41, 5.74) is 9.66. The SMILES string of the molecule is NNC(=O)NN.Nc1ccccc1. The second-order valence-electron chi connectivity index (χ2n) is 2.03. The lowest BCUT2D eigenvalue weighted by Gasteiger charge is -1.90. The highest BCUT2D eigenvalue weighted by atomic mass is 16.2. The molecule has 6 heteroatoms. The normalized spacial score (nSPS) is 7.85. The minimum atomic E-state index is -0.602. The van der Waals surface area contributed by atoms with Gasteiger partial charge in [0.2, 0.25) is 0 Å². The van der Waals surface area contributed by atoms with Crippen molar-refractivity contribution in [2.45, 2.75) is 0 Å².